The summed E-state index contributed by atoms with van der Waals surface area (Å²) in [4.78, 5) is 0. The molecule has 0 heterocycles. The van der Waals surface area contributed by atoms with Crippen LogP contribution in [0.3, 0.4) is 0 Å². The van der Waals surface area contributed by atoms with E-state index < -0.39 is 0 Å². The number of likely N-dealkylation sites (N-methyl/N-ethyl adjacent to an activating group) is 1. The molecule has 0 saturated heterocycles. The highest BCUT2D eigenvalue weighted by atomic mass is 16.5. The minimum absolute atomic E-state index is 0.125. The number of hydrogen-bond acceptors (Lipinski definition) is 3. The van der Waals surface area contributed by atoms with Gasteiger partial charge in [0.15, 0.2) is 0 Å². The maximum absolute atomic E-state index is 6.05. The molecule has 3 heteroatoms. The van der Waals surface area contributed by atoms with Crippen LogP contribution in [0.2, 0.25) is 0 Å². The molecular formula is C18H29NO2. The lowest BCUT2D eigenvalue weighted by Crippen LogP contribution is -2.46. The molecule has 2 rings (SSSR count). The van der Waals surface area contributed by atoms with E-state index in [9.17, 15) is 0 Å². The molecule has 118 valence electrons. The third kappa shape index (κ3) is 3.09. The van der Waals surface area contributed by atoms with Crippen molar-refractivity contribution in [3.05, 3.63) is 28.8 Å². The molecule has 1 aliphatic rings. The van der Waals surface area contributed by atoms with Crippen LogP contribution in [0, 0.1) is 13.8 Å². The number of ether oxygens (including phenoxy) is 2. The van der Waals surface area contributed by atoms with Crippen molar-refractivity contribution in [2.24, 2.45) is 0 Å². The van der Waals surface area contributed by atoms with Crippen LogP contribution in [0.5, 0.6) is 5.75 Å². The lowest BCUT2D eigenvalue weighted by Gasteiger charge is -2.43. The topological polar surface area (TPSA) is 30.5 Å². The third-order valence-corrected chi connectivity index (χ3v) is 4.92. The predicted molar refractivity (Wildman–Crippen MR) is 87.1 cm³/mol. The number of hydrogen-bond donors (Lipinski definition) is 1. The van der Waals surface area contributed by atoms with Gasteiger partial charge < -0.3 is 14.8 Å². The van der Waals surface area contributed by atoms with Crippen LogP contribution in [0.25, 0.3) is 0 Å². The highest BCUT2D eigenvalue weighted by Gasteiger charge is 2.42. The van der Waals surface area contributed by atoms with Crippen LogP contribution >= 0.6 is 0 Å². The first kappa shape index (κ1) is 16.3. The summed E-state index contributed by atoms with van der Waals surface area (Å²) in [6.45, 7) is 4.28. The molecule has 1 atom stereocenters. The van der Waals surface area contributed by atoms with E-state index in [2.05, 4.69) is 31.3 Å². The standard InChI is InChI=1S/C18H29NO2/c1-13-11-14(2)16(15(12-13)20-4)17(19-3)18(21-5)9-7-6-8-10-18/h11-12,17,19H,6-10H2,1-5H3. The molecule has 0 aliphatic heterocycles. The van der Waals surface area contributed by atoms with Gasteiger partial charge in [-0.1, -0.05) is 25.3 Å². The number of benzene rings is 1. The average Bonchev–Trinajstić information content (AvgIpc) is 2.50. The van der Waals surface area contributed by atoms with E-state index in [1.807, 2.05) is 14.2 Å². The summed E-state index contributed by atoms with van der Waals surface area (Å²) in [5.41, 5.74) is 3.63. The largest absolute Gasteiger partial charge is 0.496 e. The van der Waals surface area contributed by atoms with Gasteiger partial charge in [0, 0.05) is 12.7 Å². The molecule has 21 heavy (non-hydrogen) atoms. The number of aryl methyl sites for hydroxylation is 2. The summed E-state index contributed by atoms with van der Waals surface area (Å²) in [6, 6.07) is 4.52. The quantitative estimate of drug-likeness (QED) is 0.892. The fourth-order valence-corrected chi connectivity index (χ4v) is 3.91. The maximum Gasteiger partial charge on any atom is 0.124 e. The Kier molecular flexibility index (Phi) is 5.28. The lowest BCUT2D eigenvalue weighted by molar-refractivity contribution is -0.0676. The fourth-order valence-electron chi connectivity index (χ4n) is 3.91. The first-order chi connectivity index (χ1) is 10.1. The summed E-state index contributed by atoms with van der Waals surface area (Å²) < 4.78 is 11.7. The second-order valence-electron chi connectivity index (χ2n) is 6.25. The highest BCUT2D eigenvalue weighted by molar-refractivity contribution is 5.46. The average molecular weight is 291 g/mol. The van der Waals surface area contributed by atoms with Gasteiger partial charge in [0.05, 0.1) is 18.8 Å². The Morgan fingerprint density at radius 2 is 1.76 bits per heavy atom. The van der Waals surface area contributed by atoms with Crippen LogP contribution in [0.1, 0.15) is 54.8 Å². The molecule has 1 N–H and O–H groups in total. The van der Waals surface area contributed by atoms with E-state index in [0.717, 1.165) is 18.6 Å². The monoisotopic (exact) mass is 291 g/mol. The van der Waals surface area contributed by atoms with Gasteiger partial charge in [-0.05, 0) is 50.9 Å². The SMILES string of the molecule is CNC(c1c(C)cc(C)cc1OC)C1(OC)CCCCC1. The van der Waals surface area contributed by atoms with E-state index in [0.29, 0.717) is 0 Å². The van der Waals surface area contributed by atoms with Gasteiger partial charge in [-0.2, -0.15) is 0 Å². The molecule has 0 aromatic heterocycles. The first-order valence-electron chi connectivity index (χ1n) is 7.95. The molecular weight excluding hydrogens is 262 g/mol. The molecule has 1 aromatic carbocycles. The Hall–Kier alpha value is -1.06. The summed E-state index contributed by atoms with van der Waals surface area (Å²) in [7, 11) is 5.63. The second kappa shape index (κ2) is 6.80. The minimum atomic E-state index is -0.125. The van der Waals surface area contributed by atoms with Crippen molar-refractivity contribution < 1.29 is 9.47 Å². The molecule has 0 radical (unpaired) electrons. The number of methoxy groups -OCH3 is 2. The van der Waals surface area contributed by atoms with Crippen molar-refractivity contribution in [2.75, 3.05) is 21.3 Å². The minimum Gasteiger partial charge on any atom is -0.496 e. The van der Waals surface area contributed by atoms with Gasteiger partial charge in [-0.3, -0.25) is 0 Å². The second-order valence-corrected chi connectivity index (χ2v) is 6.25. The zero-order chi connectivity index (χ0) is 15.5. The Bertz CT molecular complexity index is 478. The Morgan fingerprint density at radius 3 is 2.29 bits per heavy atom. The Morgan fingerprint density at radius 1 is 1.10 bits per heavy atom. The van der Waals surface area contributed by atoms with Gasteiger partial charge in [-0.15, -0.1) is 0 Å². The van der Waals surface area contributed by atoms with E-state index in [1.54, 1.807) is 7.11 Å². The smallest absolute Gasteiger partial charge is 0.124 e. The molecule has 1 aliphatic carbocycles. The molecule has 1 unspecified atom stereocenters. The lowest BCUT2D eigenvalue weighted by atomic mass is 9.75. The normalized spacial score (nSPS) is 19.3. The van der Waals surface area contributed by atoms with E-state index in [4.69, 9.17) is 9.47 Å². The zero-order valence-electron chi connectivity index (χ0n) is 14.1. The van der Waals surface area contributed by atoms with Crippen molar-refractivity contribution in [1.82, 2.24) is 5.32 Å². The van der Waals surface area contributed by atoms with Crippen LogP contribution < -0.4 is 10.1 Å². The Labute approximate surface area is 129 Å². The van der Waals surface area contributed by atoms with Gasteiger partial charge in [-0.25, -0.2) is 0 Å². The van der Waals surface area contributed by atoms with Crippen LogP contribution in [0.4, 0.5) is 0 Å². The van der Waals surface area contributed by atoms with Crippen LogP contribution in [-0.4, -0.2) is 26.9 Å². The summed E-state index contributed by atoms with van der Waals surface area (Å²) in [6.07, 6.45) is 5.99. The van der Waals surface area contributed by atoms with E-state index >= 15 is 0 Å². The van der Waals surface area contributed by atoms with Crippen molar-refractivity contribution in [1.29, 1.82) is 0 Å². The van der Waals surface area contributed by atoms with Crippen molar-refractivity contribution >= 4 is 0 Å². The van der Waals surface area contributed by atoms with E-state index in [-0.39, 0.29) is 11.6 Å². The molecule has 1 aromatic rings. The molecule has 1 fully saturated rings. The summed E-state index contributed by atoms with van der Waals surface area (Å²) >= 11 is 0. The molecule has 3 nitrogen and oxygen atoms in total. The van der Waals surface area contributed by atoms with Crippen molar-refractivity contribution in [2.45, 2.75) is 57.6 Å². The van der Waals surface area contributed by atoms with Gasteiger partial charge in [0.1, 0.15) is 5.75 Å². The summed E-state index contributed by atoms with van der Waals surface area (Å²) in [5, 5.41) is 3.51. The molecule has 1 saturated carbocycles. The van der Waals surface area contributed by atoms with Gasteiger partial charge in [0.25, 0.3) is 0 Å². The zero-order valence-corrected chi connectivity index (χ0v) is 14.1. The maximum atomic E-state index is 6.05. The third-order valence-electron chi connectivity index (χ3n) is 4.92. The number of nitrogens with one attached hydrogen (secondary N) is 1. The fraction of sp³-hybridized carbons (Fsp3) is 0.667. The molecule has 0 bridgehead atoms. The number of rotatable bonds is 5. The Balaban J connectivity index is 2.50. The van der Waals surface area contributed by atoms with Gasteiger partial charge >= 0.3 is 0 Å². The highest BCUT2D eigenvalue weighted by Crippen LogP contribution is 2.44. The van der Waals surface area contributed by atoms with Crippen molar-refractivity contribution in [3.8, 4) is 5.75 Å². The molecule has 0 spiro atoms. The predicted octanol–water partition coefficient (Wildman–Crippen LogP) is 3.92. The van der Waals surface area contributed by atoms with Crippen LogP contribution in [-0.2, 0) is 4.74 Å². The van der Waals surface area contributed by atoms with Gasteiger partial charge in [0.2, 0.25) is 0 Å². The molecule has 0 amide bonds. The summed E-state index contributed by atoms with van der Waals surface area (Å²) in [5.74, 6) is 0.967. The first-order valence-corrected chi connectivity index (χ1v) is 7.95. The van der Waals surface area contributed by atoms with Crippen LogP contribution in [0.15, 0.2) is 12.1 Å². The van der Waals surface area contributed by atoms with E-state index in [1.165, 1.54) is 36.0 Å². The van der Waals surface area contributed by atoms with Crippen molar-refractivity contribution in [3.63, 3.8) is 0 Å².